The molecule has 1 aliphatic carbocycles. The van der Waals surface area contributed by atoms with Crippen LogP contribution in [0.4, 0.5) is 0 Å². The van der Waals surface area contributed by atoms with E-state index in [1.165, 1.54) is 5.57 Å². The van der Waals surface area contributed by atoms with Crippen molar-refractivity contribution in [3.05, 3.63) is 11.6 Å². The Kier molecular flexibility index (Phi) is 2.20. The maximum absolute atomic E-state index is 11.9. The van der Waals surface area contributed by atoms with Gasteiger partial charge >= 0.3 is 0 Å². The third-order valence-electron chi connectivity index (χ3n) is 2.90. The molecular weight excluding hydrogens is 186 g/mol. The van der Waals surface area contributed by atoms with Crippen molar-refractivity contribution < 1.29 is 8.42 Å². The molecule has 1 heterocycles. The van der Waals surface area contributed by atoms with E-state index >= 15 is 0 Å². The molecule has 0 atom stereocenters. The van der Waals surface area contributed by atoms with Gasteiger partial charge in [0.2, 0.25) is 10.0 Å². The normalized spacial score (nSPS) is 25.8. The van der Waals surface area contributed by atoms with Crippen LogP contribution in [0.25, 0.3) is 0 Å². The minimum absolute atomic E-state index is 0.0770. The Morgan fingerprint density at radius 2 is 2.15 bits per heavy atom. The Hall–Kier alpha value is -0.350. The van der Waals surface area contributed by atoms with Crippen molar-refractivity contribution in [3.8, 4) is 0 Å². The lowest BCUT2D eigenvalue weighted by Crippen LogP contribution is -2.40. The van der Waals surface area contributed by atoms with Crippen LogP contribution in [0.1, 0.15) is 26.2 Å². The molecule has 1 saturated carbocycles. The molecule has 1 aliphatic heterocycles. The molecule has 13 heavy (non-hydrogen) atoms. The summed E-state index contributed by atoms with van der Waals surface area (Å²) in [4.78, 5) is 0. The molecule has 0 aromatic rings. The lowest BCUT2D eigenvalue weighted by atomic mass is 10.0. The average molecular weight is 201 g/mol. The Bertz CT molecular complexity index is 328. The van der Waals surface area contributed by atoms with Gasteiger partial charge in [0, 0.05) is 13.1 Å². The van der Waals surface area contributed by atoms with Crippen LogP contribution < -0.4 is 0 Å². The molecule has 0 amide bonds. The predicted molar refractivity (Wildman–Crippen MR) is 51.9 cm³/mol. The summed E-state index contributed by atoms with van der Waals surface area (Å²) in [6.07, 6.45) is 4.79. The van der Waals surface area contributed by atoms with Crippen LogP contribution in [0, 0.1) is 0 Å². The third kappa shape index (κ3) is 1.53. The highest BCUT2D eigenvalue weighted by Crippen LogP contribution is 2.30. The molecule has 4 heteroatoms. The van der Waals surface area contributed by atoms with Gasteiger partial charge in [0.05, 0.1) is 5.25 Å². The zero-order valence-corrected chi connectivity index (χ0v) is 8.68. The monoisotopic (exact) mass is 201 g/mol. The zero-order valence-electron chi connectivity index (χ0n) is 7.86. The molecule has 0 bridgehead atoms. The van der Waals surface area contributed by atoms with E-state index in [9.17, 15) is 8.42 Å². The van der Waals surface area contributed by atoms with Gasteiger partial charge in [-0.25, -0.2) is 8.42 Å². The van der Waals surface area contributed by atoms with E-state index in [4.69, 9.17) is 0 Å². The van der Waals surface area contributed by atoms with Crippen LogP contribution >= 0.6 is 0 Å². The quantitative estimate of drug-likeness (QED) is 0.628. The summed E-state index contributed by atoms with van der Waals surface area (Å²) in [6, 6.07) is 0. The molecule has 74 valence electrons. The maximum Gasteiger partial charge on any atom is 0.217 e. The average Bonchev–Trinajstić information content (AvgIpc) is 2.30. The molecule has 3 nitrogen and oxygen atoms in total. The largest absolute Gasteiger partial charge is 0.217 e. The number of hydrogen-bond donors (Lipinski definition) is 0. The molecule has 0 aromatic heterocycles. The van der Waals surface area contributed by atoms with E-state index in [1.54, 1.807) is 4.31 Å². The van der Waals surface area contributed by atoms with Crippen molar-refractivity contribution in [2.24, 2.45) is 0 Å². The number of nitrogens with zero attached hydrogens (tertiary/aromatic N) is 1. The lowest BCUT2D eigenvalue weighted by molar-refractivity contribution is 0.421. The van der Waals surface area contributed by atoms with Crippen molar-refractivity contribution in [2.75, 3.05) is 13.1 Å². The first-order valence-electron chi connectivity index (χ1n) is 4.75. The minimum atomic E-state index is -2.95. The summed E-state index contributed by atoms with van der Waals surface area (Å²) in [5, 5.41) is -0.0770. The van der Waals surface area contributed by atoms with E-state index < -0.39 is 10.0 Å². The van der Waals surface area contributed by atoms with Gasteiger partial charge in [-0.05, 0) is 19.8 Å². The van der Waals surface area contributed by atoms with Gasteiger partial charge in [-0.1, -0.05) is 18.1 Å². The number of hydrogen-bond acceptors (Lipinski definition) is 2. The second-order valence-electron chi connectivity index (χ2n) is 3.94. The summed E-state index contributed by atoms with van der Waals surface area (Å²) in [5.41, 5.74) is 1.17. The SMILES string of the molecule is CC1=CCN(S(=O)(=O)C2CCC2)C1. The van der Waals surface area contributed by atoms with Crippen molar-refractivity contribution >= 4 is 10.0 Å². The highest BCUT2D eigenvalue weighted by atomic mass is 32.2. The molecule has 0 spiro atoms. The Morgan fingerprint density at radius 1 is 1.46 bits per heavy atom. The molecule has 0 saturated heterocycles. The standard InChI is InChI=1S/C9H15NO2S/c1-8-5-6-10(7-8)13(11,12)9-3-2-4-9/h5,9H,2-4,6-7H2,1H3. The maximum atomic E-state index is 11.9. The Balaban J connectivity index is 2.08. The Labute approximate surface area is 79.5 Å². The first kappa shape index (κ1) is 9.21. The van der Waals surface area contributed by atoms with Gasteiger partial charge in [-0.2, -0.15) is 4.31 Å². The third-order valence-corrected chi connectivity index (χ3v) is 5.21. The van der Waals surface area contributed by atoms with E-state index in [2.05, 4.69) is 0 Å². The second-order valence-corrected chi connectivity index (χ2v) is 6.15. The second kappa shape index (κ2) is 3.10. The molecule has 2 aliphatic rings. The first-order valence-corrected chi connectivity index (χ1v) is 6.25. The molecule has 0 N–H and O–H groups in total. The fraction of sp³-hybridized carbons (Fsp3) is 0.778. The zero-order chi connectivity index (χ0) is 9.47. The van der Waals surface area contributed by atoms with Crippen LogP contribution in [0.15, 0.2) is 11.6 Å². The van der Waals surface area contributed by atoms with E-state index in [-0.39, 0.29) is 5.25 Å². The molecule has 0 unspecified atom stereocenters. The van der Waals surface area contributed by atoms with Crippen LogP contribution in [0.2, 0.25) is 0 Å². The highest BCUT2D eigenvalue weighted by molar-refractivity contribution is 7.89. The summed E-state index contributed by atoms with van der Waals surface area (Å²) in [5.74, 6) is 0. The van der Waals surface area contributed by atoms with Crippen LogP contribution in [0.3, 0.4) is 0 Å². The van der Waals surface area contributed by atoms with Gasteiger partial charge in [0.25, 0.3) is 0 Å². The molecule has 0 aromatic carbocycles. The van der Waals surface area contributed by atoms with E-state index in [0.29, 0.717) is 13.1 Å². The van der Waals surface area contributed by atoms with Crippen molar-refractivity contribution in [1.29, 1.82) is 0 Å². The smallest absolute Gasteiger partial charge is 0.212 e. The summed E-state index contributed by atoms with van der Waals surface area (Å²) >= 11 is 0. The topological polar surface area (TPSA) is 37.4 Å². The fourth-order valence-corrected chi connectivity index (χ4v) is 3.75. The van der Waals surface area contributed by atoms with Crippen LogP contribution in [-0.4, -0.2) is 31.1 Å². The molecule has 1 fully saturated rings. The first-order chi connectivity index (χ1) is 6.10. The number of rotatable bonds is 2. The molecule has 0 radical (unpaired) electrons. The van der Waals surface area contributed by atoms with Crippen molar-refractivity contribution in [3.63, 3.8) is 0 Å². The van der Waals surface area contributed by atoms with Gasteiger partial charge in [-0.15, -0.1) is 0 Å². The molecule has 2 rings (SSSR count). The van der Waals surface area contributed by atoms with E-state index in [1.807, 2.05) is 13.0 Å². The summed E-state index contributed by atoms with van der Waals surface area (Å²) in [6.45, 7) is 3.18. The number of sulfonamides is 1. The van der Waals surface area contributed by atoms with Gasteiger partial charge < -0.3 is 0 Å². The fourth-order valence-electron chi connectivity index (χ4n) is 1.74. The minimum Gasteiger partial charge on any atom is -0.212 e. The van der Waals surface area contributed by atoms with Crippen molar-refractivity contribution in [1.82, 2.24) is 4.31 Å². The van der Waals surface area contributed by atoms with Gasteiger partial charge in [-0.3, -0.25) is 0 Å². The Morgan fingerprint density at radius 3 is 2.54 bits per heavy atom. The predicted octanol–water partition coefficient (Wildman–Crippen LogP) is 1.13. The van der Waals surface area contributed by atoms with Gasteiger partial charge in [0.15, 0.2) is 0 Å². The summed E-state index contributed by atoms with van der Waals surface area (Å²) < 4.78 is 25.3. The highest BCUT2D eigenvalue weighted by Gasteiger charge is 2.36. The van der Waals surface area contributed by atoms with Crippen LogP contribution in [0.5, 0.6) is 0 Å². The van der Waals surface area contributed by atoms with Crippen LogP contribution in [-0.2, 0) is 10.0 Å². The molecular formula is C9H15NO2S. The summed E-state index contributed by atoms with van der Waals surface area (Å²) in [7, 11) is -2.95. The van der Waals surface area contributed by atoms with E-state index in [0.717, 1.165) is 19.3 Å². The lowest BCUT2D eigenvalue weighted by Gasteiger charge is -2.29. The van der Waals surface area contributed by atoms with Gasteiger partial charge in [0.1, 0.15) is 0 Å². The van der Waals surface area contributed by atoms with Crippen molar-refractivity contribution in [2.45, 2.75) is 31.4 Å².